The summed E-state index contributed by atoms with van der Waals surface area (Å²) in [7, 11) is 0. The monoisotopic (exact) mass is 243 g/mol. The van der Waals surface area contributed by atoms with Crippen LogP contribution in [0, 0.1) is 0 Å². The Balaban J connectivity index is 1.90. The van der Waals surface area contributed by atoms with Gasteiger partial charge in [-0.1, -0.05) is 18.2 Å². The van der Waals surface area contributed by atoms with Crippen molar-refractivity contribution < 1.29 is 0 Å². The normalized spacial score (nSPS) is 19.1. The zero-order chi connectivity index (χ0) is 12.4. The first-order valence-corrected chi connectivity index (χ1v) is 6.93. The van der Waals surface area contributed by atoms with Crippen LogP contribution < -0.4 is 11.1 Å². The molecule has 1 atom stereocenters. The number of para-hydroxylation sites is 1. The van der Waals surface area contributed by atoms with Gasteiger partial charge in [-0.25, -0.2) is 0 Å². The van der Waals surface area contributed by atoms with Crippen LogP contribution in [0.4, 0.5) is 0 Å². The third kappa shape index (κ3) is 2.04. The van der Waals surface area contributed by atoms with Crippen LogP contribution in [0.1, 0.15) is 36.6 Å². The Morgan fingerprint density at radius 2 is 2.22 bits per heavy atom. The third-order valence-electron chi connectivity index (χ3n) is 3.89. The number of aromatic amines is 1. The number of rotatable bonds is 4. The molecule has 0 bridgehead atoms. The van der Waals surface area contributed by atoms with Crippen LogP contribution in [-0.4, -0.2) is 18.1 Å². The molecule has 0 fully saturated rings. The minimum atomic E-state index is 0.479. The Hall–Kier alpha value is -1.32. The molecule has 3 rings (SSSR count). The van der Waals surface area contributed by atoms with Gasteiger partial charge >= 0.3 is 0 Å². The lowest BCUT2D eigenvalue weighted by Gasteiger charge is -2.23. The van der Waals surface area contributed by atoms with Crippen LogP contribution in [0.5, 0.6) is 0 Å². The van der Waals surface area contributed by atoms with Crippen molar-refractivity contribution in [3.8, 4) is 0 Å². The maximum atomic E-state index is 5.55. The molecule has 3 heteroatoms. The van der Waals surface area contributed by atoms with Gasteiger partial charge in [-0.05, 0) is 50.4 Å². The largest absolute Gasteiger partial charge is 0.357 e. The van der Waals surface area contributed by atoms with E-state index < -0.39 is 0 Å². The molecule has 3 nitrogen and oxygen atoms in total. The molecule has 0 amide bonds. The SMILES string of the molecule is NCCCNC1CCCc2c1[nH]c1ccccc21. The molecule has 96 valence electrons. The molecule has 0 saturated carbocycles. The van der Waals surface area contributed by atoms with Crippen LogP contribution in [0.3, 0.4) is 0 Å². The van der Waals surface area contributed by atoms with Gasteiger partial charge < -0.3 is 16.0 Å². The summed E-state index contributed by atoms with van der Waals surface area (Å²) < 4.78 is 0. The second-order valence-electron chi connectivity index (χ2n) is 5.10. The highest BCUT2D eigenvalue weighted by molar-refractivity contribution is 5.85. The van der Waals surface area contributed by atoms with E-state index >= 15 is 0 Å². The van der Waals surface area contributed by atoms with Crippen molar-refractivity contribution in [2.24, 2.45) is 5.73 Å². The molecule has 2 aromatic rings. The molecule has 1 heterocycles. The summed E-state index contributed by atoms with van der Waals surface area (Å²) >= 11 is 0. The molecule has 1 aromatic heterocycles. The Labute approximate surface area is 108 Å². The van der Waals surface area contributed by atoms with E-state index in [-0.39, 0.29) is 0 Å². The van der Waals surface area contributed by atoms with E-state index in [0.717, 1.165) is 19.5 Å². The highest BCUT2D eigenvalue weighted by Crippen LogP contribution is 2.34. The van der Waals surface area contributed by atoms with Crippen molar-refractivity contribution in [3.05, 3.63) is 35.5 Å². The highest BCUT2D eigenvalue weighted by atomic mass is 14.9. The van der Waals surface area contributed by atoms with Gasteiger partial charge in [-0.15, -0.1) is 0 Å². The molecule has 1 aliphatic carbocycles. The van der Waals surface area contributed by atoms with E-state index in [1.54, 1.807) is 0 Å². The Kier molecular flexibility index (Phi) is 3.35. The maximum absolute atomic E-state index is 5.55. The number of hydrogen-bond donors (Lipinski definition) is 3. The van der Waals surface area contributed by atoms with Crippen LogP contribution in [0.15, 0.2) is 24.3 Å². The lowest BCUT2D eigenvalue weighted by atomic mass is 9.91. The number of H-pyrrole nitrogens is 1. The number of fused-ring (bicyclic) bond motifs is 3. The number of nitrogens with two attached hydrogens (primary N) is 1. The van der Waals surface area contributed by atoms with Crippen molar-refractivity contribution in [1.29, 1.82) is 0 Å². The van der Waals surface area contributed by atoms with Crippen LogP contribution in [0.2, 0.25) is 0 Å². The smallest absolute Gasteiger partial charge is 0.0476 e. The second-order valence-corrected chi connectivity index (χ2v) is 5.10. The van der Waals surface area contributed by atoms with Gasteiger partial charge in [0.25, 0.3) is 0 Å². The predicted molar refractivity (Wildman–Crippen MR) is 75.7 cm³/mol. The van der Waals surface area contributed by atoms with E-state index in [2.05, 4.69) is 34.6 Å². The number of nitrogens with one attached hydrogen (secondary N) is 2. The molecule has 1 aromatic carbocycles. The number of hydrogen-bond acceptors (Lipinski definition) is 2. The molecule has 4 N–H and O–H groups in total. The summed E-state index contributed by atoms with van der Waals surface area (Å²) in [5.74, 6) is 0. The number of aromatic nitrogens is 1. The zero-order valence-corrected chi connectivity index (χ0v) is 10.7. The van der Waals surface area contributed by atoms with E-state index in [1.807, 2.05) is 0 Å². The standard InChI is InChI=1S/C15H21N3/c16-9-4-10-17-14-8-3-6-12-11-5-1-2-7-13(11)18-15(12)14/h1-2,5,7,14,17-18H,3-4,6,8-10,16H2. The fourth-order valence-electron chi connectivity index (χ4n) is 3.00. The van der Waals surface area contributed by atoms with Crippen molar-refractivity contribution in [1.82, 2.24) is 10.3 Å². The second kappa shape index (κ2) is 5.12. The number of aryl methyl sites for hydroxylation is 1. The third-order valence-corrected chi connectivity index (χ3v) is 3.89. The van der Waals surface area contributed by atoms with Gasteiger partial charge in [0.05, 0.1) is 0 Å². The topological polar surface area (TPSA) is 53.8 Å². The zero-order valence-electron chi connectivity index (χ0n) is 10.7. The van der Waals surface area contributed by atoms with Gasteiger partial charge in [0.1, 0.15) is 0 Å². The molecule has 0 saturated heterocycles. The average molecular weight is 243 g/mol. The maximum Gasteiger partial charge on any atom is 0.0476 e. The number of benzene rings is 1. The molecular formula is C15H21N3. The molecule has 1 unspecified atom stereocenters. The first-order valence-electron chi connectivity index (χ1n) is 6.93. The Morgan fingerprint density at radius 1 is 1.33 bits per heavy atom. The van der Waals surface area contributed by atoms with Crippen molar-refractivity contribution in [3.63, 3.8) is 0 Å². The Bertz CT molecular complexity index is 530. The van der Waals surface area contributed by atoms with Crippen LogP contribution in [-0.2, 0) is 6.42 Å². The lowest BCUT2D eigenvalue weighted by Crippen LogP contribution is -2.27. The first-order chi connectivity index (χ1) is 8.90. The molecule has 18 heavy (non-hydrogen) atoms. The quantitative estimate of drug-likeness (QED) is 0.723. The molecule has 0 radical (unpaired) electrons. The summed E-state index contributed by atoms with van der Waals surface area (Å²) in [6, 6.07) is 9.10. The summed E-state index contributed by atoms with van der Waals surface area (Å²) in [6.07, 6.45) is 4.75. The van der Waals surface area contributed by atoms with E-state index in [9.17, 15) is 0 Å². The average Bonchev–Trinajstić information content (AvgIpc) is 2.79. The van der Waals surface area contributed by atoms with Gasteiger partial charge in [0.15, 0.2) is 0 Å². The van der Waals surface area contributed by atoms with Gasteiger partial charge in [-0.3, -0.25) is 0 Å². The fraction of sp³-hybridized carbons (Fsp3) is 0.467. The van der Waals surface area contributed by atoms with E-state index in [1.165, 1.54) is 41.4 Å². The predicted octanol–water partition coefficient (Wildman–Crippen LogP) is 2.48. The molecular weight excluding hydrogens is 222 g/mol. The minimum Gasteiger partial charge on any atom is -0.357 e. The van der Waals surface area contributed by atoms with Gasteiger partial charge in [0.2, 0.25) is 0 Å². The minimum absolute atomic E-state index is 0.479. The Morgan fingerprint density at radius 3 is 3.11 bits per heavy atom. The summed E-state index contributed by atoms with van der Waals surface area (Å²) in [5, 5.41) is 5.03. The molecule has 0 aliphatic heterocycles. The lowest BCUT2D eigenvalue weighted by molar-refractivity contribution is 0.451. The summed E-state index contributed by atoms with van der Waals surface area (Å²) in [5.41, 5.74) is 9.74. The van der Waals surface area contributed by atoms with Crippen molar-refractivity contribution in [2.75, 3.05) is 13.1 Å². The van der Waals surface area contributed by atoms with Crippen molar-refractivity contribution in [2.45, 2.75) is 31.7 Å². The van der Waals surface area contributed by atoms with Crippen LogP contribution >= 0.6 is 0 Å². The first kappa shape index (κ1) is 11.8. The van der Waals surface area contributed by atoms with E-state index in [4.69, 9.17) is 5.73 Å². The fourth-order valence-corrected chi connectivity index (χ4v) is 3.00. The van der Waals surface area contributed by atoms with Gasteiger partial charge in [-0.2, -0.15) is 0 Å². The van der Waals surface area contributed by atoms with E-state index in [0.29, 0.717) is 6.04 Å². The molecule has 0 spiro atoms. The van der Waals surface area contributed by atoms with Crippen LogP contribution in [0.25, 0.3) is 10.9 Å². The highest BCUT2D eigenvalue weighted by Gasteiger charge is 2.23. The van der Waals surface area contributed by atoms with Gasteiger partial charge in [0, 0.05) is 22.6 Å². The molecule has 1 aliphatic rings. The summed E-state index contributed by atoms with van der Waals surface area (Å²) in [6.45, 7) is 1.77. The van der Waals surface area contributed by atoms with Crippen molar-refractivity contribution >= 4 is 10.9 Å². The summed E-state index contributed by atoms with van der Waals surface area (Å²) in [4.78, 5) is 3.60.